The van der Waals surface area contributed by atoms with Crippen LogP contribution >= 0.6 is 0 Å². The number of aliphatic hydroxyl groups excluding tert-OH is 1. The van der Waals surface area contributed by atoms with E-state index in [1.807, 2.05) is 41.1 Å². The van der Waals surface area contributed by atoms with E-state index in [4.69, 9.17) is 14.3 Å². The fourth-order valence-electron chi connectivity index (χ4n) is 4.84. The number of amides is 1. The zero-order valence-electron chi connectivity index (χ0n) is 18.9. The molecule has 33 heavy (non-hydrogen) atoms. The number of furan rings is 1. The van der Waals surface area contributed by atoms with Gasteiger partial charge in [-0.25, -0.2) is 0 Å². The Bertz CT molecular complexity index is 1110. The van der Waals surface area contributed by atoms with Gasteiger partial charge in [-0.1, -0.05) is 12.1 Å². The molecular formula is C25H30N4O4. The van der Waals surface area contributed by atoms with Crippen LogP contribution in [0.15, 0.2) is 47.1 Å². The van der Waals surface area contributed by atoms with Crippen LogP contribution in [-0.4, -0.2) is 63.4 Å². The molecule has 0 unspecified atom stereocenters. The number of carbonyl (C=O) groups is 1. The normalized spacial score (nSPS) is 18.8. The van der Waals surface area contributed by atoms with Crippen LogP contribution in [0.2, 0.25) is 0 Å². The van der Waals surface area contributed by atoms with Gasteiger partial charge in [-0.2, -0.15) is 5.10 Å². The Morgan fingerprint density at radius 3 is 2.94 bits per heavy atom. The largest absolute Gasteiger partial charge is 0.497 e. The number of carbonyl (C=O) groups excluding carboxylic acids is 1. The maximum atomic E-state index is 13.5. The van der Waals surface area contributed by atoms with E-state index in [0.29, 0.717) is 38.4 Å². The first kappa shape index (κ1) is 21.7. The smallest absolute Gasteiger partial charge is 0.274 e. The number of benzene rings is 1. The number of β-amino-alcohol motifs (C(OH)–C–C–N with tert-alkyl or cyclic N) is 1. The second-order valence-electron chi connectivity index (χ2n) is 8.87. The summed E-state index contributed by atoms with van der Waals surface area (Å²) in [6, 6.07) is 11.8. The Hall–Kier alpha value is -3.10. The fraction of sp³-hybridized carbons (Fsp3) is 0.440. The fourth-order valence-corrected chi connectivity index (χ4v) is 4.84. The predicted octanol–water partition coefficient (Wildman–Crippen LogP) is 2.69. The third kappa shape index (κ3) is 4.67. The van der Waals surface area contributed by atoms with Gasteiger partial charge in [0.15, 0.2) is 5.69 Å². The van der Waals surface area contributed by atoms with Gasteiger partial charge < -0.3 is 19.2 Å². The lowest BCUT2D eigenvalue weighted by Crippen LogP contribution is -2.43. The van der Waals surface area contributed by atoms with Gasteiger partial charge in [-0.3, -0.25) is 14.4 Å². The summed E-state index contributed by atoms with van der Waals surface area (Å²) in [5.41, 5.74) is 3.67. The molecule has 1 fully saturated rings. The molecule has 174 valence electrons. The van der Waals surface area contributed by atoms with Gasteiger partial charge in [-0.05, 0) is 42.7 Å². The number of nitrogens with zero attached hydrogens (tertiary/aromatic N) is 4. The monoisotopic (exact) mass is 450 g/mol. The van der Waals surface area contributed by atoms with Gasteiger partial charge in [-0.15, -0.1) is 0 Å². The number of fused-ring (bicyclic) bond motifs is 1. The highest BCUT2D eigenvalue weighted by Gasteiger charge is 2.32. The van der Waals surface area contributed by atoms with Crippen molar-refractivity contribution >= 4 is 5.91 Å². The van der Waals surface area contributed by atoms with E-state index < -0.39 is 6.10 Å². The Morgan fingerprint density at radius 2 is 2.15 bits per heavy atom. The van der Waals surface area contributed by atoms with Gasteiger partial charge >= 0.3 is 0 Å². The number of methoxy groups -OCH3 is 1. The van der Waals surface area contributed by atoms with E-state index in [9.17, 15) is 9.90 Å². The van der Waals surface area contributed by atoms with E-state index >= 15 is 0 Å². The lowest BCUT2D eigenvalue weighted by molar-refractivity contribution is 0.0466. The molecule has 1 amide bonds. The lowest BCUT2D eigenvalue weighted by atomic mass is 10.0. The summed E-state index contributed by atoms with van der Waals surface area (Å²) in [4.78, 5) is 17.5. The first-order chi connectivity index (χ1) is 16.1. The zero-order valence-corrected chi connectivity index (χ0v) is 18.9. The molecule has 0 saturated carbocycles. The molecule has 8 nitrogen and oxygen atoms in total. The van der Waals surface area contributed by atoms with E-state index in [2.05, 4.69) is 4.90 Å². The summed E-state index contributed by atoms with van der Waals surface area (Å²) in [5.74, 6) is 1.63. The lowest BCUT2D eigenvalue weighted by Gasteiger charge is -2.30. The van der Waals surface area contributed by atoms with Crippen molar-refractivity contribution in [2.75, 3.05) is 26.7 Å². The molecule has 1 saturated heterocycles. The molecule has 0 radical (unpaired) electrons. The van der Waals surface area contributed by atoms with Crippen molar-refractivity contribution in [2.45, 2.75) is 45.0 Å². The maximum Gasteiger partial charge on any atom is 0.274 e. The van der Waals surface area contributed by atoms with Crippen LogP contribution in [0, 0.1) is 0 Å². The molecule has 1 aromatic carbocycles. The SMILES string of the molecule is COc1cccc(Cn2nc(C(=O)N3CCC[C@H](O)C3)c3c2CCN(Cc2ccco2)C3)c1. The number of rotatable bonds is 6. The summed E-state index contributed by atoms with van der Waals surface area (Å²) in [5, 5.41) is 14.9. The van der Waals surface area contributed by atoms with Crippen molar-refractivity contribution in [3.05, 3.63) is 70.9 Å². The van der Waals surface area contributed by atoms with Crippen LogP contribution in [0.5, 0.6) is 5.75 Å². The number of aliphatic hydroxyl groups is 1. The van der Waals surface area contributed by atoms with Crippen LogP contribution in [0.3, 0.4) is 0 Å². The quantitative estimate of drug-likeness (QED) is 0.622. The van der Waals surface area contributed by atoms with E-state index in [1.54, 1.807) is 18.3 Å². The van der Waals surface area contributed by atoms with Crippen LogP contribution in [0.4, 0.5) is 0 Å². The molecule has 1 atom stereocenters. The van der Waals surface area contributed by atoms with Crippen LogP contribution in [0.25, 0.3) is 0 Å². The Morgan fingerprint density at radius 1 is 1.24 bits per heavy atom. The molecule has 1 N–H and O–H groups in total. The molecule has 8 heteroatoms. The van der Waals surface area contributed by atoms with Crippen molar-refractivity contribution in [1.29, 1.82) is 0 Å². The average molecular weight is 451 g/mol. The van der Waals surface area contributed by atoms with E-state index in [-0.39, 0.29) is 5.91 Å². The first-order valence-electron chi connectivity index (χ1n) is 11.5. The summed E-state index contributed by atoms with van der Waals surface area (Å²) >= 11 is 0. The van der Waals surface area contributed by atoms with Gasteiger partial charge in [0.05, 0.1) is 32.6 Å². The number of piperidine rings is 1. The number of likely N-dealkylation sites (tertiary alicyclic amines) is 1. The second-order valence-corrected chi connectivity index (χ2v) is 8.87. The molecule has 2 aromatic heterocycles. The topological polar surface area (TPSA) is 84.0 Å². The Balaban J connectivity index is 1.45. The second kappa shape index (κ2) is 9.41. The van der Waals surface area contributed by atoms with E-state index in [0.717, 1.165) is 54.1 Å². The molecule has 3 aromatic rings. The van der Waals surface area contributed by atoms with Crippen LogP contribution < -0.4 is 4.74 Å². The van der Waals surface area contributed by atoms with Gasteiger partial charge in [0.1, 0.15) is 11.5 Å². The van der Waals surface area contributed by atoms with E-state index in [1.165, 1.54) is 0 Å². The van der Waals surface area contributed by atoms with Crippen molar-refractivity contribution in [3.8, 4) is 5.75 Å². The van der Waals surface area contributed by atoms with Crippen molar-refractivity contribution in [3.63, 3.8) is 0 Å². The molecule has 0 bridgehead atoms. The number of aromatic nitrogens is 2. The van der Waals surface area contributed by atoms with Crippen LogP contribution in [-0.2, 0) is 26.1 Å². The standard InChI is InChI=1S/C25H30N4O4/c1-32-20-7-2-5-18(13-20)14-29-23-9-11-27(16-21-8-4-12-33-21)17-22(23)24(26-29)25(31)28-10-3-6-19(30)15-28/h2,4-5,7-8,12-13,19,30H,3,6,9-11,14-17H2,1H3/t19-/m0/s1. The number of hydrogen-bond acceptors (Lipinski definition) is 6. The number of ether oxygens (including phenoxy) is 1. The van der Waals surface area contributed by atoms with Gasteiger partial charge in [0.25, 0.3) is 5.91 Å². The highest BCUT2D eigenvalue weighted by molar-refractivity contribution is 5.94. The molecule has 4 heterocycles. The summed E-state index contributed by atoms with van der Waals surface area (Å²) in [7, 11) is 1.66. The molecule has 2 aliphatic rings. The van der Waals surface area contributed by atoms with Crippen molar-refractivity contribution < 1.29 is 19.1 Å². The minimum atomic E-state index is -0.465. The minimum absolute atomic E-state index is 0.0887. The molecule has 5 rings (SSSR count). The molecule has 0 spiro atoms. The average Bonchev–Trinajstić information content (AvgIpc) is 3.47. The van der Waals surface area contributed by atoms with Crippen molar-refractivity contribution in [2.24, 2.45) is 0 Å². The van der Waals surface area contributed by atoms with Crippen LogP contribution in [0.1, 0.15) is 45.9 Å². The van der Waals surface area contributed by atoms with Gasteiger partial charge in [0.2, 0.25) is 0 Å². The highest BCUT2D eigenvalue weighted by Crippen LogP contribution is 2.27. The first-order valence-corrected chi connectivity index (χ1v) is 11.5. The molecule has 2 aliphatic heterocycles. The molecule has 0 aliphatic carbocycles. The summed E-state index contributed by atoms with van der Waals surface area (Å²) in [6.07, 6.45) is 3.58. The maximum absolute atomic E-state index is 13.5. The third-order valence-corrected chi connectivity index (χ3v) is 6.53. The zero-order chi connectivity index (χ0) is 22.8. The third-order valence-electron chi connectivity index (χ3n) is 6.53. The highest BCUT2D eigenvalue weighted by atomic mass is 16.5. The minimum Gasteiger partial charge on any atom is -0.497 e. The Labute approximate surface area is 193 Å². The van der Waals surface area contributed by atoms with Crippen molar-refractivity contribution in [1.82, 2.24) is 19.6 Å². The summed E-state index contributed by atoms with van der Waals surface area (Å²) < 4.78 is 12.9. The Kier molecular flexibility index (Phi) is 6.20. The van der Waals surface area contributed by atoms with Gasteiger partial charge in [0, 0.05) is 43.9 Å². The summed E-state index contributed by atoms with van der Waals surface area (Å²) in [6.45, 7) is 3.81. The molecular weight excluding hydrogens is 420 g/mol. The number of hydrogen-bond donors (Lipinski definition) is 1. The predicted molar refractivity (Wildman–Crippen MR) is 122 cm³/mol.